The molecule has 1 aliphatic rings. The number of rotatable bonds is 2. The van der Waals surface area contributed by atoms with E-state index in [1.54, 1.807) is 0 Å². The van der Waals surface area contributed by atoms with E-state index in [9.17, 15) is 0 Å². The maximum absolute atomic E-state index is 3.88. The van der Waals surface area contributed by atoms with Crippen molar-refractivity contribution in [2.45, 2.75) is 0 Å². The quantitative estimate of drug-likeness (QED) is 0.520. The van der Waals surface area contributed by atoms with Crippen molar-refractivity contribution >= 4 is 0 Å². The van der Waals surface area contributed by atoms with Crippen LogP contribution in [0.1, 0.15) is 0 Å². The molecule has 0 aromatic rings. The number of hydrogen-bond donors (Lipinski definition) is 0. The molecule has 0 amide bonds. The smallest absolute Gasteiger partial charge is 0.0234 e. The molecule has 10 heavy (non-hydrogen) atoms. The van der Waals surface area contributed by atoms with Crippen LogP contribution in [0.4, 0.5) is 0 Å². The fraction of sp³-hybridized carbons (Fsp3) is 0.333. The zero-order chi connectivity index (χ0) is 7.40. The van der Waals surface area contributed by atoms with Gasteiger partial charge in [0.1, 0.15) is 0 Å². The molecule has 0 aromatic heterocycles. The van der Waals surface area contributed by atoms with E-state index in [4.69, 9.17) is 0 Å². The number of hydrogen-bond acceptors (Lipinski definition) is 1. The Balaban J connectivity index is 2.43. The maximum atomic E-state index is 3.88. The highest BCUT2D eigenvalue weighted by atomic mass is 15.1. The van der Waals surface area contributed by atoms with E-state index in [2.05, 4.69) is 30.2 Å². The maximum Gasteiger partial charge on any atom is 0.0234 e. The third kappa shape index (κ3) is 1.85. The van der Waals surface area contributed by atoms with Crippen molar-refractivity contribution < 1.29 is 0 Å². The first-order chi connectivity index (χ1) is 4.83. The third-order valence-electron chi connectivity index (χ3n) is 1.53. The Hall–Kier alpha value is -0.820. The normalized spacial score (nSPS) is 19.4. The van der Waals surface area contributed by atoms with Crippen LogP contribution in [0.15, 0.2) is 37.0 Å². The molecule has 1 nitrogen and oxygen atoms in total. The first kappa shape index (κ1) is 7.29. The SMILES string of the molecule is C=CCN1CC=CC(=C)C1. The zero-order valence-corrected chi connectivity index (χ0v) is 6.21. The minimum Gasteiger partial charge on any atom is -0.292 e. The van der Waals surface area contributed by atoms with Gasteiger partial charge in [-0.1, -0.05) is 24.8 Å². The molecule has 0 radical (unpaired) electrons. The van der Waals surface area contributed by atoms with Crippen molar-refractivity contribution in [3.8, 4) is 0 Å². The molecule has 1 heterocycles. The third-order valence-corrected chi connectivity index (χ3v) is 1.53. The Labute approximate surface area is 62.3 Å². The van der Waals surface area contributed by atoms with Gasteiger partial charge in [-0.3, -0.25) is 4.90 Å². The van der Waals surface area contributed by atoms with Gasteiger partial charge in [0.2, 0.25) is 0 Å². The van der Waals surface area contributed by atoms with E-state index < -0.39 is 0 Å². The van der Waals surface area contributed by atoms with Gasteiger partial charge in [-0.15, -0.1) is 6.58 Å². The van der Waals surface area contributed by atoms with Crippen LogP contribution in [0.5, 0.6) is 0 Å². The summed E-state index contributed by atoms with van der Waals surface area (Å²) >= 11 is 0. The first-order valence-corrected chi connectivity index (χ1v) is 3.50. The van der Waals surface area contributed by atoms with Crippen molar-refractivity contribution in [2.75, 3.05) is 19.6 Å². The van der Waals surface area contributed by atoms with E-state index in [1.165, 1.54) is 5.57 Å². The molecule has 1 aliphatic heterocycles. The Kier molecular flexibility index (Phi) is 2.46. The molecule has 0 N–H and O–H groups in total. The summed E-state index contributed by atoms with van der Waals surface area (Å²) in [5.41, 5.74) is 1.19. The lowest BCUT2D eigenvalue weighted by Gasteiger charge is -2.22. The molecular weight excluding hydrogens is 122 g/mol. The van der Waals surface area contributed by atoms with E-state index in [0.29, 0.717) is 0 Å². The van der Waals surface area contributed by atoms with Gasteiger partial charge in [0.15, 0.2) is 0 Å². The molecule has 0 aromatic carbocycles. The monoisotopic (exact) mass is 135 g/mol. The van der Waals surface area contributed by atoms with E-state index in [0.717, 1.165) is 19.6 Å². The summed E-state index contributed by atoms with van der Waals surface area (Å²) in [6.07, 6.45) is 6.14. The molecule has 0 bridgehead atoms. The van der Waals surface area contributed by atoms with Gasteiger partial charge < -0.3 is 0 Å². The summed E-state index contributed by atoms with van der Waals surface area (Å²) < 4.78 is 0. The zero-order valence-electron chi connectivity index (χ0n) is 6.21. The molecule has 0 saturated heterocycles. The van der Waals surface area contributed by atoms with Crippen LogP contribution in [0, 0.1) is 0 Å². The van der Waals surface area contributed by atoms with Crippen molar-refractivity contribution in [1.82, 2.24) is 4.90 Å². The van der Waals surface area contributed by atoms with E-state index in [1.807, 2.05) is 6.08 Å². The summed E-state index contributed by atoms with van der Waals surface area (Å²) in [4.78, 5) is 2.29. The standard InChI is InChI=1S/C9H13N/c1-3-6-10-7-4-5-9(2)8-10/h3-5H,1-2,6-8H2. The van der Waals surface area contributed by atoms with Gasteiger partial charge in [-0.05, 0) is 5.57 Å². The molecule has 1 heteroatoms. The Morgan fingerprint density at radius 2 is 2.50 bits per heavy atom. The minimum atomic E-state index is 0.962. The fourth-order valence-electron chi connectivity index (χ4n) is 1.09. The molecular formula is C9H13N. The lowest BCUT2D eigenvalue weighted by Crippen LogP contribution is -2.28. The van der Waals surface area contributed by atoms with Crippen molar-refractivity contribution in [1.29, 1.82) is 0 Å². The lowest BCUT2D eigenvalue weighted by atomic mass is 10.2. The van der Waals surface area contributed by atoms with Crippen LogP contribution < -0.4 is 0 Å². The molecule has 0 atom stereocenters. The average Bonchev–Trinajstić information content (AvgIpc) is 1.88. The molecule has 0 fully saturated rings. The van der Waals surface area contributed by atoms with Crippen molar-refractivity contribution in [3.63, 3.8) is 0 Å². The number of nitrogens with zero attached hydrogens (tertiary/aromatic N) is 1. The van der Waals surface area contributed by atoms with Crippen LogP contribution in [0.25, 0.3) is 0 Å². The predicted octanol–water partition coefficient (Wildman–Crippen LogP) is 1.60. The highest BCUT2D eigenvalue weighted by molar-refractivity contribution is 5.20. The summed E-state index contributed by atoms with van der Waals surface area (Å²) in [6, 6.07) is 0. The van der Waals surface area contributed by atoms with Crippen molar-refractivity contribution in [3.05, 3.63) is 37.0 Å². The average molecular weight is 135 g/mol. The van der Waals surface area contributed by atoms with Gasteiger partial charge in [-0.2, -0.15) is 0 Å². The molecule has 54 valence electrons. The summed E-state index contributed by atoms with van der Waals surface area (Å²) in [5, 5.41) is 0. The topological polar surface area (TPSA) is 3.24 Å². The van der Waals surface area contributed by atoms with Gasteiger partial charge in [-0.25, -0.2) is 0 Å². The fourth-order valence-corrected chi connectivity index (χ4v) is 1.09. The molecule has 0 aliphatic carbocycles. The van der Waals surface area contributed by atoms with Gasteiger partial charge in [0.25, 0.3) is 0 Å². The van der Waals surface area contributed by atoms with Crippen LogP contribution in [-0.4, -0.2) is 24.5 Å². The van der Waals surface area contributed by atoms with E-state index in [-0.39, 0.29) is 0 Å². The van der Waals surface area contributed by atoms with E-state index >= 15 is 0 Å². The van der Waals surface area contributed by atoms with Gasteiger partial charge in [0.05, 0.1) is 0 Å². The van der Waals surface area contributed by atoms with Crippen LogP contribution in [-0.2, 0) is 0 Å². The largest absolute Gasteiger partial charge is 0.292 e. The highest BCUT2D eigenvalue weighted by Gasteiger charge is 2.04. The lowest BCUT2D eigenvalue weighted by molar-refractivity contribution is 0.360. The van der Waals surface area contributed by atoms with Crippen molar-refractivity contribution in [2.24, 2.45) is 0 Å². The Bertz CT molecular complexity index is 168. The predicted molar refractivity (Wildman–Crippen MR) is 44.9 cm³/mol. The van der Waals surface area contributed by atoms with Crippen LogP contribution in [0.3, 0.4) is 0 Å². The first-order valence-electron chi connectivity index (χ1n) is 3.50. The van der Waals surface area contributed by atoms with Crippen LogP contribution >= 0.6 is 0 Å². The molecule has 1 rings (SSSR count). The minimum absolute atomic E-state index is 0.962. The molecule has 0 saturated carbocycles. The summed E-state index contributed by atoms with van der Waals surface area (Å²) in [7, 11) is 0. The second-order valence-electron chi connectivity index (χ2n) is 2.54. The van der Waals surface area contributed by atoms with Crippen LogP contribution in [0.2, 0.25) is 0 Å². The molecule has 0 spiro atoms. The van der Waals surface area contributed by atoms with Gasteiger partial charge >= 0.3 is 0 Å². The second kappa shape index (κ2) is 3.37. The summed E-state index contributed by atoms with van der Waals surface area (Å²) in [6.45, 7) is 10.6. The Morgan fingerprint density at radius 3 is 3.10 bits per heavy atom. The van der Waals surface area contributed by atoms with Gasteiger partial charge in [0, 0.05) is 19.6 Å². The summed E-state index contributed by atoms with van der Waals surface area (Å²) in [5.74, 6) is 0. The highest BCUT2D eigenvalue weighted by Crippen LogP contribution is 2.04. The second-order valence-corrected chi connectivity index (χ2v) is 2.54. The molecule has 0 unspecified atom stereocenters. The Morgan fingerprint density at radius 1 is 1.70 bits per heavy atom.